The van der Waals surface area contributed by atoms with E-state index in [-0.39, 0.29) is 0 Å². The zero-order valence-corrected chi connectivity index (χ0v) is 18.8. The molecular weight excluding hydrogens is 364 g/mol. The van der Waals surface area contributed by atoms with E-state index in [1.54, 1.807) is 0 Å². The molecule has 2 nitrogen and oxygen atoms in total. The van der Waals surface area contributed by atoms with Gasteiger partial charge in [0.05, 0.1) is 0 Å². The first-order valence-electron chi connectivity index (χ1n) is 11.1. The van der Waals surface area contributed by atoms with Crippen LogP contribution in [0, 0.1) is 5.92 Å². The highest BCUT2D eigenvalue weighted by Crippen LogP contribution is 2.37. The summed E-state index contributed by atoms with van der Waals surface area (Å²) in [5, 5.41) is 2.74. The highest BCUT2D eigenvalue weighted by atomic mass is 15.1. The van der Waals surface area contributed by atoms with Crippen molar-refractivity contribution in [3.63, 3.8) is 0 Å². The lowest BCUT2D eigenvalue weighted by Gasteiger charge is -2.32. The molecule has 1 aliphatic carbocycles. The SMILES string of the molecule is CN(C)Cc1c(CCC2C=Cc3ccccc3C2CN(C)C)ccc2ccccc12. The Balaban J connectivity index is 1.61. The molecule has 156 valence electrons. The topological polar surface area (TPSA) is 6.48 Å². The first kappa shape index (κ1) is 20.8. The summed E-state index contributed by atoms with van der Waals surface area (Å²) in [5.74, 6) is 1.12. The summed E-state index contributed by atoms with van der Waals surface area (Å²) < 4.78 is 0. The number of fused-ring (bicyclic) bond motifs is 2. The molecule has 2 unspecified atom stereocenters. The zero-order valence-electron chi connectivity index (χ0n) is 18.8. The lowest BCUT2D eigenvalue weighted by molar-refractivity contribution is 0.325. The summed E-state index contributed by atoms with van der Waals surface area (Å²) in [7, 11) is 8.71. The van der Waals surface area contributed by atoms with Crippen molar-refractivity contribution in [1.29, 1.82) is 0 Å². The van der Waals surface area contributed by atoms with Gasteiger partial charge < -0.3 is 9.80 Å². The van der Waals surface area contributed by atoms with Gasteiger partial charge in [-0.3, -0.25) is 0 Å². The molecule has 0 amide bonds. The third-order valence-corrected chi connectivity index (χ3v) is 6.36. The van der Waals surface area contributed by atoms with E-state index in [0.717, 1.165) is 19.5 Å². The Morgan fingerprint density at radius 2 is 1.57 bits per heavy atom. The Morgan fingerprint density at radius 1 is 0.800 bits per heavy atom. The summed E-state index contributed by atoms with van der Waals surface area (Å²) >= 11 is 0. The van der Waals surface area contributed by atoms with Crippen LogP contribution in [0.5, 0.6) is 0 Å². The Morgan fingerprint density at radius 3 is 2.37 bits per heavy atom. The predicted octanol–water partition coefficient (Wildman–Crippen LogP) is 5.82. The second kappa shape index (κ2) is 9.16. The van der Waals surface area contributed by atoms with Gasteiger partial charge in [-0.15, -0.1) is 0 Å². The van der Waals surface area contributed by atoms with Crippen molar-refractivity contribution in [2.75, 3.05) is 34.7 Å². The van der Waals surface area contributed by atoms with Crippen LogP contribution in [0.3, 0.4) is 0 Å². The van der Waals surface area contributed by atoms with Gasteiger partial charge in [-0.2, -0.15) is 0 Å². The van der Waals surface area contributed by atoms with Gasteiger partial charge in [0.15, 0.2) is 0 Å². The zero-order chi connectivity index (χ0) is 21.1. The number of hydrogen-bond acceptors (Lipinski definition) is 2. The molecule has 0 fully saturated rings. The maximum Gasteiger partial charge on any atom is 0.0236 e. The van der Waals surface area contributed by atoms with Gasteiger partial charge in [0.2, 0.25) is 0 Å². The summed E-state index contributed by atoms with van der Waals surface area (Å²) in [6.45, 7) is 2.08. The van der Waals surface area contributed by atoms with Gasteiger partial charge in [0.25, 0.3) is 0 Å². The molecule has 2 heteroatoms. The molecule has 3 aromatic rings. The minimum Gasteiger partial charge on any atom is -0.309 e. The first-order valence-corrected chi connectivity index (χ1v) is 11.1. The molecule has 0 aromatic heterocycles. The summed E-state index contributed by atoms with van der Waals surface area (Å²) in [5.41, 5.74) is 5.88. The van der Waals surface area contributed by atoms with Gasteiger partial charge in [-0.05, 0) is 80.0 Å². The van der Waals surface area contributed by atoms with Crippen LogP contribution in [0.2, 0.25) is 0 Å². The molecule has 0 saturated heterocycles. The number of nitrogens with zero attached hydrogens (tertiary/aromatic N) is 2. The van der Waals surface area contributed by atoms with E-state index in [4.69, 9.17) is 0 Å². The molecule has 0 heterocycles. The molecule has 1 aliphatic rings. The number of benzene rings is 3. The van der Waals surface area contributed by atoms with E-state index in [1.807, 2.05) is 0 Å². The molecule has 3 aromatic carbocycles. The summed E-state index contributed by atoms with van der Waals surface area (Å²) in [4.78, 5) is 4.62. The van der Waals surface area contributed by atoms with Crippen LogP contribution in [0.4, 0.5) is 0 Å². The molecule has 0 saturated carbocycles. The van der Waals surface area contributed by atoms with Crippen molar-refractivity contribution in [1.82, 2.24) is 9.80 Å². The van der Waals surface area contributed by atoms with Gasteiger partial charge in [0.1, 0.15) is 0 Å². The van der Waals surface area contributed by atoms with Crippen LogP contribution >= 0.6 is 0 Å². The highest BCUT2D eigenvalue weighted by molar-refractivity contribution is 5.86. The minimum atomic E-state index is 0.555. The largest absolute Gasteiger partial charge is 0.309 e. The number of hydrogen-bond donors (Lipinski definition) is 0. The van der Waals surface area contributed by atoms with E-state index < -0.39 is 0 Å². The van der Waals surface area contributed by atoms with Gasteiger partial charge in [-0.25, -0.2) is 0 Å². The van der Waals surface area contributed by atoms with Crippen molar-refractivity contribution in [2.45, 2.75) is 25.3 Å². The number of likely N-dealkylation sites (N-methyl/N-ethyl adjacent to an activating group) is 1. The molecule has 4 rings (SSSR count). The Bertz CT molecular complexity index is 1030. The molecule has 30 heavy (non-hydrogen) atoms. The van der Waals surface area contributed by atoms with Crippen molar-refractivity contribution in [3.05, 3.63) is 89.0 Å². The molecular formula is C28H34N2. The third kappa shape index (κ3) is 4.50. The van der Waals surface area contributed by atoms with Crippen LogP contribution < -0.4 is 0 Å². The van der Waals surface area contributed by atoms with Crippen molar-refractivity contribution in [2.24, 2.45) is 5.92 Å². The monoisotopic (exact) mass is 398 g/mol. The smallest absolute Gasteiger partial charge is 0.0236 e. The molecule has 0 spiro atoms. The summed E-state index contributed by atoms with van der Waals surface area (Å²) in [6, 6.07) is 22.4. The number of aryl methyl sites for hydroxylation is 1. The standard InChI is InChI=1S/C28H34N2/c1-29(2)19-27-23(15-13-21-9-5-7-11-25(21)27)17-18-24-16-14-22-10-6-8-12-26(22)28(24)20-30(3)4/h5-16,23,27H,17-20H2,1-4H3. The second-order valence-electron chi connectivity index (χ2n) is 9.22. The average Bonchev–Trinajstić information content (AvgIpc) is 2.73. The molecule has 0 N–H and O–H groups in total. The van der Waals surface area contributed by atoms with Gasteiger partial charge in [-0.1, -0.05) is 72.8 Å². The normalized spacial score (nSPS) is 18.3. The first-order chi connectivity index (χ1) is 14.5. The van der Waals surface area contributed by atoms with Crippen LogP contribution in [-0.2, 0) is 13.0 Å². The van der Waals surface area contributed by atoms with Crippen LogP contribution in [0.1, 0.15) is 34.6 Å². The average molecular weight is 399 g/mol. The Labute approximate surface area is 181 Å². The molecule has 0 bridgehead atoms. The van der Waals surface area contributed by atoms with Crippen molar-refractivity contribution < 1.29 is 0 Å². The molecule has 2 atom stereocenters. The van der Waals surface area contributed by atoms with E-state index in [9.17, 15) is 0 Å². The molecule has 0 aliphatic heterocycles. The van der Waals surface area contributed by atoms with E-state index >= 15 is 0 Å². The maximum absolute atomic E-state index is 2.46. The fourth-order valence-corrected chi connectivity index (χ4v) is 4.96. The Kier molecular flexibility index (Phi) is 6.36. The minimum absolute atomic E-state index is 0.555. The maximum atomic E-state index is 2.46. The van der Waals surface area contributed by atoms with Crippen molar-refractivity contribution >= 4 is 16.8 Å². The van der Waals surface area contributed by atoms with Crippen LogP contribution in [0.15, 0.2) is 66.7 Å². The summed E-state index contributed by atoms with van der Waals surface area (Å²) in [6.07, 6.45) is 7.10. The number of allylic oxidation sites excluding steroid dienone is 1. The van der Waals surface area contributed by atoms with E-state index in [2.05, 4.69) is 111 Å². The third-order valence-electron chi connectivity index (χ3n) is 6.36. The highest BCUT2D eigenvalue weighted by Gasteiger charge is 2.26. The lowest BCUT2D eigenvalue weighted by Crippen LogP contribution is -2.27. The fraction of sp³-hybridized carbons (Fsp3) is 0.357. The fourth-order valence-electron chi connectivity index (χ4n) is 4.96. The lowest BCUT2D eigenvalue weighted by atomic mass is 9.76. The van der Waals surface area contributed by atoms with Crippen LogP contribution in [0.25, 0.3) is 16.8 Å². The quantitative estimate of drug-likeness (QED) is 0.495. The Hall–Kier alpha value is -2.42. The predicted molar refractivity (Wildman–Crippen MR) is 130 cm³/mol. The molecule has 0 radical (unpaired) electrons. The van der Waals surface area contributed by atoms with E-state index in [1.165, 1.54) is 39.4 Å². The van der Waals surface area contributed by atoms with Gasteiger partial charge in [0, 0.05) is 19.0 Å². The van der Waals surface area contributed by atoms with E-state index in [0.29, 0.717) is 11.8 Å². The second-order valence-corrected chi connectivity index (χ2v) is 9.22. The van der Waals surface area contributed by atoms with Crippen molar-refractivity contribution in [3.8, 4) is 0 Å². The number of rotatable bonds is 7. The van der Waals surface area contributed by atoms with Gasteiger partial charge >= 0.3 is 0 Å². The van der Waals surface area contributed by atoms with Crippen LogP contribution in [-0.4, -0.2) is 44.5 Å².